The normalized spacial score (nSPS) is 20.5. The molecule has 1 heterocycles. The quantitative estimate of drug-likeness (QED) is 0.768. The zero-order valence-electron chi connectivity index (χ0n) is 15.9. The highest BCUT2D eigenvalue weighted by Gasteiger charge is 2.35. The minimum Gasteiger partial charge on any atom is -0.480 e. The second kappa shape index (κ2) is 8.17. The SMILES string of the molecule is Cc1ccccc1C1CC(C)N(C(=O)c2ccccc2SC(C)C(=O)O)C1. The topological polar surface area (TPSA) is 57.6 Å². The fourth-order valence-corrected chi connectivity index (χ4v) is 4.65. The summed E-state index contributed by atoms with van der Waals surface area (Å²) in [5.41, 5.74) is 3.16. The number of hydrogen-bond acceptors (Lipinski definition) is 3. The average Bonchev–Trinajstić information content (AvgIpc) is 3.03. The number of aliphatic carboxylic acids is 1. The van der Waals surface area contributed by atoms with Crippen LogP contribution in [0.3, 0.4) is 0 Å². The summed E-state index contributed by atoms with van der Waals surface area (Å²) in [5, 5.41) is 8.59. The van der Waals surface area contributed by atoms with Gasteiger partial charge in [-0.2, -0.15) is 0 Å². The predicted molar refractivity (Wildman–Crippen MR) is 108 cm³/mol. The van der Waals surface area contributed by atoms with Crippen LogP contribution in [0, 0.1) is 6.92 Å². The van der Waals surface area contributed by atoms with Gasteiger partial charge in [0.15, 0.2) is 0 Å². The first-order valence-corrected chi connectivity index (χ1v) is 10.1. The number of hydrogen-bond donors (Lipinski definition) is 1. The van der Waals surface area contributed by atoms with E-state index in [4.69, 9.17) is 0 Å². The molecule has 2 aromatic rings. The summed E-state index contributed by atoms with van der Waals surface area (Å²) in [6, 6.07) is 15.8. The van der Waals surface area contributed by atoms with E-state index in [9.17, 15) is 14.7 Å². The lowest BCUT2D eigenvalue weighted by molar-refractivity contribution is -0.136. The van der Waals surface area contributed by atoms with E-state index in [1.807, 2.05) is 29.2 Å². The Hall–Kier alpha value is -2.27. The second-order valence-corrected chi connectivity index (χ2v) is 8.57. The summed E-state index contributed by atoms with van der Waals surface area (Å²) >= 11 is 1.22. The van der Waals surface area contributed by atoms with E-state index in [2.05, 4.69) is 32.0 Å². The molecule has 1 fully saturated rings. The number of carboxylic acids is 1. The predicted octanol–water partition coefficient (Wildman–Crippen LogP) is 4.58. The van der Waals surface area contributed by atoms with E-state index < -0.39 is 11.2 Å². The Kier molecular flexibility index (Phi) is 5.90. The van der Waals surface area contributed by atoms with Crippen molar-refractivity contribution in [1.29, 1.82) is 0 Å². The van der Waals surface area contributed by atoms with Crippen molar-refractivity contribution in [2.24, 2.45) is 0 Å². The minimum absolute atomic E-state index is 0.0146. The molecule has 3 rings (SSSR count). The Morgan fingerprint density at radius 3 is 2.52 bits per heavy atom. The standard InChI is InChI=1S/C22H25NO3S/c1-14-8-4-5-9-18(14)17-12-15(2)23(13-17)21(24)19-10-6-7-11-20(19)27-16(3)22(25)26/h4-11,15-17H,12-13H2,1-3H3,(H,25,26). The van der Waals surface area contributed by atoms with Gasteiger partial charge in [0.05, 0.1) is 5.56 Å². The molecule has 3 atom stereocenters. The third kappa shape index (κ3) is 4.19. The Bertz CT molecular complexity index is 851. The molecule has 0 radical (unpaired) electrons. The van der Waals surface area contributed by atoms with Crippen molar-refractivity contribution in [3.05, 3.63) is 65.2 Å². The molecule has 0 spiro atoms. The second-order valence-electron chi connectivity index (χ2n) is 7.19. The van der Waals surface area contributed by atoms with Crippen molar-refractivity contribution in [3.63, 3.8) is 0 Å². The number of amides is 1. The average molecular weight is 384 g/mol. The summed E-state index contributed by atoms with van der Waals surface area (Å²) in [6.45, 7) is 6.54. The molecule has 1 amide bonds. The number of thioether (sulfide) groups is 1. The van der Waals surface area contributed by atoms with Crippen molar-refractivity contribution in [3.8, 4) is 0 Å². The lowest BCUT2D eigenvalue weighted by atomic mass is 9.93. The first-order chi connectivity index (χ1) is 12.9. The highest BCUT2D eigenvalue weighted by Crippen LogP contribution is 2.35. The molecule has 1 aliphatic rings. The van der Waals surface area contributed by atoms with Crippen molar-refractivity contribution < 1.29 is 14.7 Å². The third-order valence-corrected chi connectivity index (χ3v) is 6.40. The molecular formula is C22H25NO3S. The smallest absolute Gasteiger partial charge is 0.316 e. The van der Waals surface area contributed by atoms with Crippen LogP contribution >= 0.6 is 11.8 Å². The number of aryl methyl sites for hydroxylation is 1. The van der Waals surface area contributed by atoms with Gasteiger partial charge in [-0.1, -0.05) is 36.4 Å². The van der Waals surface area contributed by atoms with Crippen LogP contribution in [0.1, 0.15) is 47.7 Å². The maximum absolute atomic E-state index is 13.3. The van der Waals surface area contributed by atoms with E-state index in [0.717, 1.165) is 11.3 Å². The van der Waals surface area contributed by atoms with Crippen LogP contribution in [0.2, 0.25) is 0 Å². The monoisotopic (exact) mass is 383 g/mol. The molecule has 1 aliphatic heterocycles. The van der Waals surface area contributed by atoms with Crippen LogP contribution in [-0.4, -0.2) is 39.7 Å². The third-order valence-electron chi connectivity index (χ3n) is 5.23. The Balaban J connectivity index is 1.82. The van der Waals surface area contributed by atoms with E-state index >= 15 is 0 Å². The van der Waals surface area contributed by atoms with Crippen molar-refractivity contribution >= 4 is 23.6 Å². The summed E-state index contributed by atoms with van der Waals surface area (Å²) in [7, 11) is 0. The highest BCUT2D eigenvalue weighted by molar-refractivity contribution is 8.00. The number of nitrogens with zero attached hydrogens (tertiary/aromatic N) is 1. The van der Waals surface area contributed by atoms with Gasteiger partial charge in [0.25, 0.3) is 5.91 Å². The van der Waals surface area contributed by atoms with Crippen LogP contribution in [-0.2, 0) is 4.79 Å². The molecular weight excluding hydrogens is 358 g/mol. The number of likely N-dealkylation sites (tertiary alicyclic amines) is 1. The molecule has 1 N–H and O–H groups in total. The van der Waals surface area contributed by atoms with Gasteiger partial charge >= 0.3 is 5.97 Å². The molecule has 3 unspecified atom stereocenters. The molecule has 142 valence electrons. The van der Waals surface area contributed by atoms with E-state index in [1.54, 1.807) is 13.0 Å². The lowest BCUT2D eigenvalue weighted by Crippen LogP contribution is -2.34. The van der Waals surface area contributed by atoms with Gasteiger partial charge in [-0.05, 0) is 50.5 Å². The zero-order valence-corrected chi connectivity index (χ0v) is 16.7. The molecule has 0 saturated carbocycles. The molecule has 2 aromatic carbocycles. The van der Waals surface area contributed by atoms with Crippen LogP contribution < -0.4 is 0 Å². The van der Waals surface area contributed by atoms with Crippen molar-refractivity contribution in [1.82, 2.24) is 4.90 Å². The Morgan fingerprint density at radius 1 is 1.15 bits per heavy atom. The first-order valence-electron chi connectivity index (χ1n) is 9.23. The molecule has 4 nitrogen and oxygen atoms in total. The molecule has 0 bridgehead atoms. The molecule has 0 aromatic heterocycles. The lowest BCUT2D eigenvalue weighted by Gasteiger charge is -2.23. The van der Waals surface area contributed by atoms with E-state index in [-0.39, 0.29) is 11.9 Å². The Labute approximate surface area is 164 Å². The van der Waals surface area contributed by atoms with E-state index in [1.165, 1.54) is 22.9 Å². The summed E-state index contributed by atoms with van der Waals surface area (Å²) in [4.78, 5) is 27.1. The fraction of sp³-hybridized carbons (Fsp3) is 0.364. The van der Waals surface area contributed by atoms with Gasteiger partial charge in [-0.15, -0.1) is 11.8 Å². The molecule has 1 saturated heterocycles. The van der Waals surface area contributed by atoms with Gasteiger partial charge in [0, 0.05) is 23.4 Å². The van der Waals surface area contributed by atoms with E-state index in [0.29, 0.717) is 18.0 Å². The van der Waals surface area contributed by atoms with Gasteiger partial charge in [-0.25, -0.2) is 0 Å². The maximum atomic E-state index is 13.3. The summed E-state index contributed by atoms with van der Waals surface area (Å²) < 4.78 is 0. The number of carbonyl (C=O) groups excluding carboxylic acids is 1. The number of carbonyl (C=O) groups is 2. The Morgan fingerprint density at radius 2 is 1.81 bits per heavy atom. The fourth-order valence-electron chi connectivity index (χ4n) is 3.73. The van der Waals surface area contributed by atoms with Gasteiger partial charge in [-0.3, -0.25) is 9.59 Å². The molecule has 27 heavy (non-hydrogen) atoms. The number of rotatable bonds is 5. The maximum Gasteiger partial charge on any atom is 0.316 e. The zero-order chi connectivity index (χ0) is 19.6. The van der Waals surface area contributed by atoms with Crippen LogP contribution in [0.5, 0.6) is 0 Å². The van der Waals surface area contributed by atoms with Gasteiger partial charge < -0.3 is 10.0 Å². The summed E-state index contributed by atoms with van der Waals surface area (Å²) in [6.07, 6.45) is 0.942. The van der Waals surface area contributed by atoms with Crippen molar-refractivity contribution in [2.75, 3.05) is 6.54 Å². The summed E-state index contributed by atoms with van der Waals surface area (Å²) in [5.74, 6) is -0.557. The van der Waals surface area contributed by atoms with Crippen molar-refractivity contribution in [2.45, 2.75) is 49.3 Å². The first kappa shape index (κ1) is 19.5. The van der Waals surface area contributed by atoms with Crippen LogP contribution in [0.15, 0.2) is 53.4 Å². The van der Waals surface area contributed by atoms with Gasteiger partial charge in [0.2, 0.25) is 0 Å². The van der Waals surface area contributed by atoms with Gasteiger partial charge in [0.1, 0.15) is 5.25 Å². The largest absolute Gasteiger partial charge is 0.480 e. The molecule has 5 heteroatoms. The number of carboxylic acid groups (broad SMARTS) is 1. The van der Waals surface area contributed by atoms with Crippen LogP contribution in [0.4, 0.5) is 0 Å². The number of benzene rings is 2. The molecule has 0 aliphatic carbocycles. The highest BCUT2D eigenvalue weighted by atomic mass is 32.2. The minimum atomic E-state index is -0.878. The van der Waals surface area contributed by atoms with Crippen LogP contribution in [0.25, 0.3) is 0 Å².